The molecule has 7 nitrogen and oxygen atoms in total. The number of benzene rings is 2. The van der Waals surface area contributed by atoms with Gasteiger partial charge in [-0.25, -0.2) is 4.98 Å². The highest BCUT2D eigenvalue weighted by atomic mass is 32.2. The Kier molecular flexibility index (Phi) is 5.10. The van der Waals surface area contributed by atoms with Gasteiger partial charge in [0.15, 0.2) is 5.16 Å². The van der Waals surface area contributed by atoms with Crippen LogP contribution in [0.1, 0.15) is 11.1 Å². The second-order valence-corrected chi connectivity index (χ2v) is 6.25. The minimum atomic E-state index is -0.570. The molecular weight excluding hydrogens is 352 g/mol. The number of non-ortho nitro benzene ring substituents is 1. The van der Waals surface area contributed by atoms with E-state index >= 15 is 0 Å². The Morgan fingerprint density at radius 2 is 1.96 bits per heavy atom. The lowest BCUT2D eigenvalue weighted by Gasteiger charge is -2.06. The molecule has 2 aromatic carbocycles. The lowest BCUT2D eigenvalue weighted by molar-refractivity contribution is -0.384. The molecule has 0 aliphatic carbocycles. The summed E-state index contributed by atoms with van der Waals surface area (Å²) in [6, 6.07) is 17.2. The van der Waals surface area contributed by atoms with Crippen LogP contribution in [0.15, 0.2) is 64.5 Å². The Hall–Kier alpha value is -3.44. The molecule has 0 amide bonds. The maximum absolute atomic E-state index is 12.2. The smallest absolute Gasteiger partial charge is 0.270 e. The molecule has 0 bridgehead atoms. The summed E-state index contributed by atoms with van der Waals surface area (Å²) in [6.45, 7) is 0. The molecule has 128 valence electrons. The third kappa shape index (κ3) is 3.79. The fourth-order valence-electron chi connectivity index (χ4n) is 2.33. The summed E-state index contributed by atoms with van der Waals surface area (Å²) in [4.78, 5) is 29.6. The molecule has 0 unspecified atom stereocenters. The van der Waals surface area contributed by atoms with E-state index in [4.69, 9.17) is 0 Å². The van der Waals surface area contributed by atoms with Gasteiger partial charge in [-0.2, -0.15) is 5.26 Å². The predicted molar refractivity (Wildman–Crippen MR) is 97.7 cm³/mol. The van der Waals surface area contributed by atoms with Crippen LogP contribution in [0.25, 0.3) is 11.3 Å². The highest BCUT2D eigenvalue weighted by Gasteiger charge is 2.16. The van der Waals surface area contributed by atoms with Crippen LogP contribution in [0.5, 0.6) is 0 Å². The summed E-state index contributed by atoms with van der Waals surface area (Å²) < 4.78 is 0. The number of nitrogens with zero attached hydrogens (tertiary/aromatic N) is 3. The number of nitriles is 1. The molecule has 1 aromatic heterocycles. The molecule has 0 aliphatic rings. The van der Waals surface area contributed by atoms with E-state index in [0.717, 1.165) is 5.56 Å². The second-order valence-electron chi connectivity index (χ2n) is 5.29. The molecule has 0 saturated heterocycles. The second kappa shape index (κ2) is 7.63. The molecule has 0 fully saturated rings. The van der Waals surface area contributed by atoms with E-state index < -0.39 is 10.5 Å². The van der Waals surface area contributed by atoms with Crippen molar-refractivity contribution >= 4 is 17.4 Å². The minimum absolute atomic E-state index is 0.132. The Morgan fingerprint density at radius 3 is 2.65 bits per heavy atom. The minimum Gasteiger partial charge on any atom is -0.300 e. The third-order valence-corrected chi connectivity index (χ3v) is 4.50. The first-order valence-electron chi connectivity index (χ1n) is 7.54. The average Bonchev–Trinajstić information content (AvgIpc) is 2.67. The van der Waals surface area contributed by atoms with Gasteiger partial charge >= 0.3 is 0 Å². The third-order valence-electron chi connectivity index (χ3n) is 3.56. The molecule has 8 heteroatoms. The highest BCUT2D eigenvalue weighted by molar-refractivity contribution is 7.98. The number of aromatic nitrogens is 2. The molecule has 26 heavy (non-hydrogen) atoms. The van der Waals surface area contributed by atoms with Gasteiger partial charge in [-0.3, -0.25) is 14.9 Å². The fourth-order valence-corrected chi connectivity index (χ4v) is 3.14. The van der Waals surface area contributed by atoms with Crippen LogP contribution in [0.4, 0.5) is 5.69 Å². The highest BCUT2D eigenvalue weighted by Crippen LogP contribution is 2.26. The molecule has 1 heterocycles. The van der Waals surface area contributed by atoms with Crippen molar-refractivity contribution in [1.29, 1.82) is 5.26 Å². The van der Waals surface area contributed by atoms with Gasteiger partial charge < -0.3 is 4.98 Å². The number of nitro benzene ring substituents is 1. The van der Waals surface area contributed by atoms with E-state index in [9.17, 15) is 20.2 Å². The Bertz CT molecular complexity index is 1060. The summed E-state index contributed by atoms with van der Waals surface area (Å²) in [5.41, 5.74) is 0.668. The van der Waals surface area contributed by atoms with E-state index in [1.807, 2.05) is 36.4 Å². The lowest BCUT2D eigenvalue weighted by Crippen LogP contribution is -2.14. The number of hydrogen-bond acceptors (Lipinski definition) is 6. The monoisotopic (exact) mass is 364 g/mol. The van der Waals surface area contributed by atoms with Gasteiger partial charge in [0.05, 0.1) is 10.6 Å². The first-order valence-corrected chi connectivity index (χ1v) is 8.53. The van der Waals surface area contributed by atoms with E-state index in [1.165, 1.54) is 30.0 Å². The number of H-pyrrole nitrogens is 1. The first kappa shape index (κ1) is 17.4. The normalized spacial score (nSPS) is 10.3. The van der Waals surface area contributed by atoms with E-state index in [0.29, 0.717) is 16.5 Å². The number of nitrogens with one attached hydrogen (secondary N) is 1. The van der Waals surface area contributed by atoms with Crippen LogP contribution < -0.4 is 5.56 Å². The van der Waals surface area contributed by atoms with Gasteiger partial charge in [0.25, 0.3) is 11.2 Å². The topological polar surface area (TPSA) is 113 Å². The number of hydrogen-bond donors (Lipinski definition) is 1. The van der Waals surface area contributed by atoms with E-state index in [2.05, 4.69) is 9.97 Å². The van der Waals surface area contributed by atoms with Gasteiger partial charge in [0.2, 0.25) is 0 Å². The first-order chi connectivity index (χ1) is 12.6. The van der Waals surface area contributed by atoms with E-state index in [-0.39, 0.29) is 16.9 Å². The van der Waals surface area contributed by atoms with Crippen LogP contribution >= 0.6 is 11.8 Å². The van der Waals surface area contributed by atoms with Crippen molar-refractivity contribution in [2.24, 2.45) is 0 Å². The van der Waals surface area contributed by atoms with Crippen LogP contribution in [-0.2, 0) is 5.75 Å². The Balaban J connectivity index is 2.00. The van der Waals surface area contributed by atoms with Crippen molar-refractivity contribution in [3.63, 3.8) is 0 Å². The fraction of sp³-hybridized carbons (Fsp3) is 0.0556. The maximum atomic E-state index is 12.2. The van der Waals surface area contributed by atoms with Crippen molar-refractivity contribution < 1.29 is 4.92 Å². The predicted octanol–water partition coefficient (Wildman–Crippen LogP) is 3.51. The van der Waals surface area contributed by atoms with Crippen LogP contribution in [0.3, 0.4) is 0 Å². The average molecular weight is 364 g/mol. The van der Waals surface area contributed by atoms with Crippen molar-refractivity contribution in [2.45, 2.75) is 10.9 Å². The van der Waals surface area contributed by atoms with Gasteiger partial charge in [0.1, 0.15) is 11.6 Å². The van der Waals surface area contributed by atoms with Crippen molar-refractivity contribution in [1.82, 2.24) is 9.97 Å². The molecule has 0 radical (unpaired) electrons. The Morgan fingerprint density at radius 1 is 1.19 bits per heavy atom. The number of thioether (sulfide) groups is 1. The lowest BCUT2D eigenvalue weighted by atomic mass is 10.1. The zero-order chi connectivity index (χ0) is 18.5. The molecule has 3 aromatic rings. The van der Waals surface area contributed by atoms with Gasteiger partial charge in [-0.05, 0) is 5.56 Å². The molecule has 0 saturated carbocycles. The SMILES string of the molecule is N#Cc1c(-c2cccc([N+](=O)[O-])c2)nc(SCc2ccccc2)[nH]c1=O. The summed E-state index contributed by atoms with van der Waals surface area (Å²) >= 11 is 1.32. The molecule has 0 aliphatic heterocycles. The van der Waals surface area contributed by atoms with E-state index in [1.54, 1.807) is 6.07 Å². The van der Waals surface area contributed by atoms with Crippen LogP contribution in [0.2, 0.25) is 0 Å². The van der Waals surface area contributed by atoms with Gasteiger partial charge in [-0.15, -0.1) is 0 Å². The van der Waals surface area contributed by atoms with Crippen molar-refractivity contribution in [3.05, 3.63) is 86.2 Å². The van der Waals surface area contributed by atoms with Gasteiger partial charge in [-0.1, -0.05) is 54.2 Å². The van der Waals surface area contributed by atoms with Crippen molar-refractivity contribution in [2.75, 3.05) is 0 Å². The van der Waals surface area contributed by atoms with Crippen LogP contribution in [0, 0.1) is 21.4 Å². The molecule has 0 atom stereocenters. The zero-order valence-corrected chi connectivity index (χ0v) is 14.2. The van der Waals surface area contributed by atoms with Crippen LogP contribution in [-0.4, -0.2) is 14.9 Å². The number of nitro groups is 1. The molecule has 3 rings (SSSR count). The summed E-state index contributed by atoms with van der Waals surface area (Å²) in [5, 5.41) is 20.6. The standard InChI is InChI=1S/C18H12N4O3S/c19-10-15-16(13-7-4-8-14(9-13)22(24)25)20-18(21-17(15)23)26-11-12-5-2-1-3-6-12/h1-9H,11H2,(H,20,21,23). The Labute approximate surface area is 152 Å². The number of aromatic amines is 1. The van der Waals surface area contributed by atoms with Gasteiger partial charge in [0, 0.05) is 23.4 Å². The molecular formula is C18H12N4O3S. The molecule has 0 spiro atoms. The number of rotatable bonds is 5. The summed E-state index contributed by atoms with van der Waals surface area (Å²) in [7, 11) is 0. The quantitative estimate of drug-likeness (QED) is 0.321. The zero-order valence-electron chi connectivity index (χ0n) is 13.4. The summed E-state index contributed by atoms with van der Waals surface area (Å²) in [5.74, 6) is 0.587. The van der Waals surface area contributed by atoms with Crippen molar-refractivity contribution in [3.8, 4) is 17.3 Å². The summed E-state index contributed by atoms with van der Waals surface area (Å²) in [6.07, 6.45) is 0. The maximum Gasteiger partial charge on any atom is 0.270 e. The largest absolute Gasteiger partial charge is 0.300 e. The molecule has 1 N–H and O–H groups in total.